The maximum Gasteiger partial charge on any atom is 0.271 e. The summed E-state index contributed by atoms with van der Waals surface area (Å²) < 4.78 is 5.54. The normalized spacial score (nSPS) is 22.7. The maximum atomic E-state index is 12.0. The molecule has 0 aliphatic carbocycles. The molecule has 2 heterocycles. The highest BCUT2D eigenvalue weighted by molar-refractivity contribution is 7.09. The van der Waals surface area contributed by atoms with E-state index in [2.05, 4.69) is 10.3 Å². The van der Waals surface area contributed by atoms with Crippen LogP contribution in [0.15, 0.2) is 5.38 Å². The number of rotatable bonds is 4. The summed E-state index contributed by atoms with van der Waals surface area (Å²) in [6.45, 7) is 4.61. The van der Waals surface area contributed by atoms with Crippen LogP contribution in [0.25, 0.3) is 0 Å². The molecule has 1 aromatic rings. The number of nitrogens with zero attached hydrogens (tertiary/aromatic N) is 1. The van der Waals surface area contributed by atoms with E-state index in [1.54, 1.807) is 5.38 Å². The van der Waals surface area contributed by atoms with Crippen LogP contribution in [-0.4, -0.2) is 29.6 Å². The Hall–Kier alpha value is -0.980. The predicted molar refractivity (Wildman–Crippen MR) is 70.6 cm³/mol. The molecular weight excluding hydrogens is 250 g/mol. The van der Waals surface area contributed by atoms with Crippen LogP contribution in [0, 0.1) is 0 Å². The number of nitrogens with two attached hydrogens (primary N) is 1. The molecule has 0 aromatic carbocycles. The molecule has 3 unspecified atom stereocenters. The quantitative estimate of drug-likeness (QED) is 0.867. The third-order valence-corrected chi connectivity index (χ3v) is 4.07. The first-order chi connectivity index (χ1) is 8.58. The van der Waals surface area contributed by atoms with Gasteiger partial charge in [0.05, 0.1) is 18.2 Å². The van der Waals surface area contributed by atoms with Gasteiger partial charge in [0.15, 0.2) is 0 Å². The summed E-state index contributed by atoms with van der Waals surface area (Å²) >= 11 is 1.42. The monoisotopic (exact) mass is 269 g/mol. The van der Waals surface area contributed by atoms with E-state index in [4.69, 9.17) is 10.5 Å². The first kappa shape index (κ1) is 13.5. The molecule has 0 saturated carbocycles. The second-order valence-electron chi connectivity index (χ2n) is 4.67. The zero-order valence-corrected chi connectivity index (χ0v) is 11.5. The van der Waals surface area contributed by atoms with Crippen LogP contribution in [-0.2, 0) is 4.74 Å². The fraction of sp³-hybridized carbons (Fsp3) is 0.667. The summed E-state index contributed by atoms with van der Waals surface area (Å²) in [5, 5.41) is 5.46. The molecule has 1 aliphatic rings. The minimum atomic E-state index is -0.152. The van der Waals surface area contributed by atoms with Gasteiger partial charge in [-0.2, -0.15) is 0 Å². The fourth-order valence-corrected chi connectivity index (χ4v) is 2.73. The Morgan fingerprint density at radius 3 is 3.00 bits per heavy atom. The molecule has 6 heteroatoms. The van der Waals surface area contributed by atoms with E-state index in [0.717, 1.165) is 24.5 Å². The molecule has 100 valence electrons. The Labute approximate surface area is 111 Å². The first-order valence-corrected chi connectivity index (χ1v) is 7.09. The molecule has 0 bridgehead atoms. The highest BCUT2D eigenvalue weighted by Gasteiger charge is 2.24. The number of thiazole rings is 1. The molecule has 2 rings (SSSR count). The van der Waals surface area contributed by atoms with Gasteiger partial charge in [0, 0.05) is 12.0 Å². The molecule has 1 saturated heterocycles. The largest absolute Gasteiger partial charge is 0.376 e. The Kier molecular flexibility index (Phi) is 4.31. The maximum absolute atomic E-state index is 12.0. The molecule has 0 spiro atoms. The summed E-state index contributed by atoms with van der Waals surface area (Å²) in [4.78, 5) is 16.2. The summed E-state index contributed by atoms with van der Waals surface area (Å²) in [7, 11) is 0. The van der Waals surface area contributed by atoms with Crippen LogP contribution in [0.2, 0.25) is 0 Å². The van der Waals surface area contributed by atoms with Crippen molar-refractivity contribution < 1.29 is 9.53 Å². The van der Waals surface area contributed by atoms with Crippen molar-refractivity contribution in [3.8, 4) is 0 Å². The van der Waals surface area contributed by atoms with Crippen LogP contribution in [0.3, 0.4) is 0 Å². The Bertz CT molecular complexity index is 413. The number of hydrogen-bond donors (Lipinski definition) is 2. The van der Waals surface area contributed by atoms with Gasteiger partial charge in [0.2, 0.25) is 0 Å². The van der Waals surface area contributed by atoms with E-state index >= 15 is 0 Å². The van der Waals surface area contributed by atoms with Crippen molar-refractivity contribution in [1.82, 2.24) is 10.3 Å². The van der Waals surface area contributed by atoms with Crippen LogP contribution >= 0.6 is 11.3 Å². The number of nitrogens with one attached hydrogen (secondary N) is 1. The van der Waals surface area contributed by atoms with Crippen LogP contribution in [0.5, 0.6) is 0 Å². The van der Waals surface area contributed by atoms with Gasteiger partial charge in [-0.15, -0.1) is 11.3 Å². The van der Waals surface area contributed by atoms with Gasteiger partial charge in [-0.25, -0.2) is 4.98 Å². The van der Waals surface area contributed by atoms with Crippen LogP contribution in [0.1, 0.15) is 48.2 Å². The number of carbonyl (C=O) groups excluding carboxylic acids is 1. The molecule has 0 radical (unpaired) electrons. The van der Waals surface area contributed by atoms with Crippen molar-refractivity contribution in [2.75, 3.05) is 6.61 Å². The van der Waals surface area contributed by atoms with E-state index in [9.17, 15) is 4.79 Å². The lowest BCUT2D eigenvalue weighted by Gasteiger charge is -2.19. The number of amides is 1. The molecule has 5 nitrogen and oxygen atoms in total. The van der Waals surface area contributed by atoms with Crippen molar-refractivity contribution in [2.24, 2.45) is 5.73 Å². The molecule has 1 aliphatic heterocycles. The highest BCUT2D eigenvalue weighted by Crippen LogP contribution is 2.18. The Balaban J connectivity index is 1.93. The molecular formula is C12H19N3O2S. The second kappa shape index (κ2) is 5.77. The predicted octanol–water partition coefficient (Wildman–Crippen LogP) is 1.46. The third-order valence-electron chi connectivity index (χ3n) is 3.03. The Morgan fingerprint density at radius 2 is 2.44 bits per heavy atom. The minimum Gasteiger partial charge on any atom is -0.376 e. The van der Waals surface area contributed by atoms with Gasteiger partial charge in [0.1, 0.15) is 10.7 Å². The van der Waals surface area contributed by atoms with Gasteiger partial charge < -0.3 is 15.8 Å². The summed E-state index contributed by atoms with van der Waals surface area (Å²) in [6.07, 6.45) is 2.19. The average Bonchev–Trinajstić information content (AvgIpc) is 3.00. The van der Waals surface area contributed by atoms with E-state index in [1.165, 1.54) is 11.3 Å². The zero-order valence-electron chi connectivity index (χ0n) is 10.7. The van der Waals surface area contributed by atoms with Gasteiger partial charge >= 0.3 is 0 Å². The number of hydrogen-bond acceptors (Lipinski definition) is 5. The lowest BCUT2D eigenvalue weighted by molar-refractivity contribution is 0.0710. The van der Waals surface area contributed by atoms with Gasteiger partial charge in [0.25, 0.3) is 5.91 Å². The van der Waals surface area contributed by atoms with Crippen molar-refractivity contribution >= 4 is 17.2 Å². The first-order valence-electron chi connectivity index (χ1n) is 6.21. The zero-order chi connectivity index (χ0) is 13.1. The van der Waals surface area contributed by atoms with E-state index in [0.29, 0.717) is 5.69 Å². The van der Waals surface area contributed by atoms with E-state index in [-0.39, 0.29) is 24.1 Å². The number of carbonyl (C=O) groups is 1. The Morgan fingerprint density at radius 1 is 1.67 bits per heavy atom. The molecule has 1 aromatic heterocycles. The summed E-state index contributed by atoms with van der Waals surface area (Å²) in [5.41, 5.74) is 6.17. The lowest BCUT2D eigenvalue weighted by atomic mass is 10.1. The van der Waals surface area contributed by atoms with Crippen LogP contribution in [0.4, 0.5) is 0 Å². The van der Waals surface area contributed by atoms with Crippen molar-refractivity contribution in [3.63, 3.8) is 0 Å². The average molecular weight is 269 g/mol. The van der Waals surface area contributed by atoms with E-state index < -0.39 is 0 Å². The molecule has 1 amide bonds. The van der Waals surface area contributed by atoms with Crippen molar-refractivity contribution in [2.45, 2.75) is 44.9 Å². The van der Waals surface area contributed by atoms with Gasteiger partial charge in [-0.05, 0) is 26.7 Å². The summed E-state index contributed by atoms with van der Waals surface area (Å²) in [5.74, 6) is -0.152. The molecule has 18 heavy (non-hydrogen) atoms. The lowest BCUT2D eigenvalue weighted by Crippen LogP contribution is -2.41. The standard InChI is InChI=1S/C12H19N3O2S/c1-7(13)12-15-9(6-18-12)11(16)14-8(2)10-4-3-5-17-10/h6-8,10H,3-5,13H2,1-2H3,(H,14,16). The van der Waals surface area contributed by atoms with Crippen molar-refractivity contribution in [1.29, 1.82) is 0 Å². The SMILES string of the molecule is CC(N)c1nc(C(=O)NC(C)C2CCCO2)cs1. The van der Waals surface area contributed by atoms with Gasteiger partial charge in [-0.3, -0.25) is 4.79 Å². The number of aromatic nitrogens is 1. The highest BCUT2D eigenvalue weighted by atomic mass is 32.1. The fourth-order valence-electron chi connectivity index (χ4n) is 1.97. The third kappa shape index (κ3) is 3.07. The smallest absolute Gasteiger partial charge is 0.271 e. The summed E-state index contributed by atoms with van der Waals surface area (Å²) in [6, 6.07) is -0.118. The molecule has 3 atom stereocenters. The number of ether oxygens (including phenoxy) is 1. The molecule has 1 fully saturated rings. The second-order valence-corrected chi connectivity index (χ2v) is 5.56. The topological polar surface area (TPSA) is 77.2 Å². The molecule has 3 N–H and O–H groups in total. The van der Waals surface area contributed by atoms with E-state index in [1.807, 2.05) is 13.8 Å². The van der Waals surface area contributed by atoms with Crippen LogP contribution < -0.4 is 11.1 Å². The minimum absolute atomic E-state index is 0.0143. The van der Waals surface area contributed by atoms with Crippen molar-refractivity contribution in [3.05, 3.63) is 16.1 Å². The van der Waals surface area contributed by atoms with Gasteiger partial charge in [-0.1, -0.05) is 0 Å².